The van der Waals surface area contributed by atoms with Crippen LogP contribution in [0.2, 0.25) is 0 Å². The summed E-state index contributed by atoms with van der Waals surface area (Å²) in [5.41, 5.74) is 0. The summed E-state index contributed by atoms with van der Waals surface area (Å²) in [5, 5.41) is 54.8. The van der Waals surface area contributed by atoms with Gasteiger partial charge >= 0.3 is 0 Å². The number of unbranched alkanes of at least 4 members (excludes halogenated alkanes) is 43. The number of aliphatic hydroxyl groups is 5. The van der Waals surface area contributed by atoms with Crippen molar-refractivity contribution in [1.82, 2.24) is 5.32 Å². The largest absolute Gasteiger partial charge is 0.394 e. The average Bonchev–Trinajstić information content (AvgIpc) is 3.47. The van der Waals surface area contributed by atoms with Gasteiger partial charge in [-0.3, -0.25) is 4.79 Å². The molecule has 1 aliphatic heterocycles. The van der Waals surface area contributed by atoms with Crippen LogP contribution in [-0.2, 0) is 14.3 Å². The van der Waals surface area contributed by atoms with Crippen LogP contribution in [0.25, 0.3) is 0 Å². The minimum atomic E-state index is -1.57. The van der Waals surface area contributed by atoms with Crippen molar-refractivity contribution < 1.29 is 39.8 Å². The molecule has 1 fully saturated rings. The van der Waals surface area contributed by atoms with Gasteiger partial charge in [0.1, 0.15) is 24.4 Å². The van der Waals surface area contributed by atoms with E-state index in [4.69, 9.17) is 9.47 Å². The molecule has 506 valence electrons. The molecule has 9 nitrogen and oxygen atoms in total. The number of amides is 1. The third-order valence-corrected chi connectivity index (χ3v) is 17.5. The van der Waals surface area contributed by atoms with Gasteiger partial charge in [-0.1, -0.05) is 356 Å². The lowest BCUT2D eigenvalue weighted by molar-refractivity contribution is -0.302. The topological polar surface area (TPSA) is 149 Å². The number of nitrogens with one attached hydrogen (secondary N) is 1. The molecular weight excluding hydrogens is 1080 g/mol. The number of ether oxygens (including phenoxy) is 2. The number of allylic oxidation sites excluding steroid dienone is 13. The van der Waals surface area contributed by atoms with Gasteiger partial charge < -0.3 is 40.3 Å². The zero-order valence-corrected chi connectivity index (χ0v) is 56.8. The van der Waals surface area contributed by atoms with Crippen LogP contribution in [0.15, 0.2) is 85.1 Å². The Hall–Kier alpha value is -2.63. The van der Waals surface area contributed by atoms with E-state index in [2.05, 4.69) is 92.1 Å². The van der Waals surface area contributed by atoms with Crippen LogP contribution in [0.1, 0.15) is 348 Å². The molecule has 7 atom stereocenters. The lowest BCUT2D eigenvalue weighted by Gasteiger charge is -2.40. The Kier molecular flexibility index (Phi) is 62.8. The van der Waals surface area contributed by atoms with Crippen LogP contribution >= 0.6 is 0 Å². The van der Waals surface area contributed by atoms with Gasteiger partial charge in [0.05, 0.1) is 25.4 Å². The molecule has 0 radical (unpaired) electrons. The molecular formula is C78H141NO8. The average molecular weight is 1220 g/mol. The van der Waals surface area contributed by atoms with Crippen LogP contribution in [-0.4, -0.2) is 87.5 Å². The monoisotopic (exact) mass is 1220 g/mol. The highest BCUT2D eigenvalue weighted by molar-refractivity contribution is 5.76. The van der Waals surface area contributed by atoms with Gasteiger partial charge in [0, 0.05) is 6.42 Å². The Morgan fingerprint density at radius 1 is 0.402 bits per heavy atom. The quantitative estimate of drug-likeness (QED) is 0.0261. The summed E-state index contributed by atoms with van der Waals surface area (Å²) >= 11 is 0. The van der Waals surface area contributed by atoms with E-state index in [0.717, 1.165) is 77.0 Å². The number of hydrogen-bond acceptors (Lipinski definition) is 8. The molecule has 1 aliphatic rings. The van der Waals surface area contributed by atoms with Crippen LogP contribution in [0, 0.1) is 0 Å². The first kappa shape index (κ1) is 82.4. The zero-order chi connectivity index (χ0) is 62.8. The first-order valence-corrected chi connectivity index (χ1v) is 37.3. The standard InChI is InChI=1S/C78H141NO8/c1-3-5-7-9-11-13-15-17-19-21-23-25-27-28-29-30-31-32-33-34-35-36-37-38-39-40-41-42-43-44-46-48-50-52-54-56-58-60-62-64-66-68-74(82)79-71(70-86-78-77(85)76(84)75(83)73(69-80)87-78)72(81)67-65-63-61-59-57-55-53-51-49-47-45-26-24-22-20-18-16-14-12-10-8-6-4-2/h5,7,11,13,17,19,23,25,28-29,31-32,65,67,71-73,75-78,80-81,83-85H,3-4,6,8-10,12,14-16,18,20-22,24,26-27,30,33-64,66,68-70H2,1-2H3,(H,79,82)/b7-5-,13-11-,19-17-,25-23-,29-28-,32-31-,67-65+. The van der Waals surface area contributed by atoms with Crippen LogP contribution in [0.4, 0.5) is 0 Å². The molecule has 0 saturated carbocycles. The molecule has 0 bridgehead atoms. The zero-order valence-electron chi connectivity index (χ0n) is 56.8. The van der Waals surface area contributed by atoms with Crippen molar-refractivity contribution in [2.45, 2.75) is 391 Å². The summed E-state index contributed by atoms with van der Waals surface area (Å²) in [6.45, 7) is 3.71. The van der Waals surface area contributed by atoms with Gasteiger partial charge in [0.15, 0.2) is 6.29 Å². The number of carbonyl (C=O) groups is 1. The molecule has 0 aromatic heterocycles. The lowest BCUT2D eigenvalue weighted by atomic mass is 9.99. The van der Waals surface area contributed by atoms with Gasteiger partial charge in [0.2, 0.25) is 5.91 Å². The van der Waals surface area contributed by atoms with E-state index in [-0.39, 0.29) is 12.5 Å². The van der Waals surface area contributed by atoms with E-state index in [0.29, 0.717) is 6.42 Å². The molecule has 1 saturated heterocycles. The molecule has 1 amide bonds. The molecule has 0 aliphatic carbocycles. The molecule has 7 unspecified atom stereocenters. The predicted molar refractivity (Wildman–Crippen MR) is 373 cm³/mol. The van der Waals surface area contributed by atoms with Crippen molar-refractivity contribution in [2.24, 2.45) is 0 Å². The maximum atomic E-state index is 13.1. The summed E-state index contributed by atoms with van der Waals surface area (Å²) in [6.07, 6.45) is 88.5. The minimum Gasteiger partial charge on any atom is -0.394 e. The van der Waals surface area contributed by atoms with Gasteiger partial charge in [-0.2, -0.15) is 0 Å². The normalized spacial score (nSPS) is 18.4. The highest BCUT2D eigenvalue weighted by atomic mass is 16.7. The number of carbonyl (C=O) groups excluding carboxylic acids is 1. The van der Waals surface area contributed by atoms with Crippen LogP contribution in [0.3, 0.4) is 0 Å². The van der Waals surface area contributed by atoms with Crippen molar-refractivity contribution in [1.29, 1.82) is 0 Å². The van der Waals surface area contributed by atoms with Gasteiger partial charge in [-0.05, 0) is 70.6 Å². The Morgan fingerprint density at radius 2 is 0.713 bits per heavy atom. The van der Waals surface area contributed by atoms with E-state index < -0.39 is 49.5 Å². The van der Waals surface area contributed by atoms with Crippen molar-refractivity contribution in [2.75, 3.05) is 13.2 Å². The number of rotatable bonds is 65. The van der Waals surface area contributed by atoms with E-state index in [1.54, 1.807) is 6.08 Å². The van der Waals surface area contributed by atoms with Crippen molar-refractivity contribution in [3.05, 3.63) is 85.1 Å². The Bertz CT molecular complexity index is 1650. The first-order chi connectivity index (χ1) is 42.8. The highest BCUT2D eigenvalue weighted by Gasteiger charge is 2.44. The van der Waals surface area contributed by atoms with Crippen LogP contribution in [0.5, 0.6) is 0 Å². The molecule has 0 spiro atoms. The van der Waals surface area contributed by atoms with E-state index in [1.807, 2.05) is 6.08 Å². The maximum Gasteiger partial charge on any atom is 0.220 e. The number of aliphatic hydroxyl groups excluding tert-OH is 5. The molecule has 6 N–H and O–H groups in total. The highest BCUT2D eigenvalue weighted by Crippen LogP contribution is 2.23. The fraction of sp³-hybridized carbons (Fsp3) is 0.808. The Balaban J connectivity index is 2.06. The van der Waals surface area contributed by atoms with Crippen LogP contribution < -0.4 is 5.32 Å². The van der Waals surface area contributed by atoms with Crippen molar-refractivity contribution in [3.63, 3.8) is 0 Å². The van der Waals surface area contributed by atoms with E-state index >= 15 is 0 Å². The minimum absolute atomic E-state index is 0.171. The molecule has 87 heavy (non-hydrogen) atoms. The molecule has 9 heteroatoms. The summed E-state index contributed by atoms with van der Waals surface area (Å²) in [4.78, 5) is 13.1. The second-order valence-electron chi connectivity index (χ2n) is 25.7. The SMILES string of the molecule is CC/C=C\C/C=C\C/C=C\C/C=C\C/C=C\C/C=C\CCCCCCCCCCCCCCCCCCCCCCCCC(=O)NC(COC1OC(CO)C(O)C(O)C1O)C(O)/C=C/CCCCCCCCCCCCCCCCCCCCCCC. The summed E-state index contributed by atoms with van der Waals surface area (Å²) in [7, 11) is 0. The molecule has 0 aromatic carbocycles. The second-order valence-corrected chi connectivity index (χ2v) is 25.7. The lowest BCUT2D eigenvalue weighted by Crippen LogP contribution is -2.60. The summed E-state index contributed by atoms with van der Waals surface area (Å²) < 4.78 is 11.3. The third kappa shape index (κ3) is 54.8. The fourth-order valence-electron chi connectivity index (χ4n) is 11.7. The van der Waals surface area contributed by atoms with Crippen molar-refractivity contribution in [3.8, 4) is 0 Å². The molecule has 1 heterocycles. The smallest absolute Gasteiger partial charge is 0.220 e. The molecule has 0 aromatic rings. The Labute approximate surface area is 537 Å². The van der Waals surface area contributed by atoms with E-state index in [9.17, 15) is 30.3 Å². The van der Waals surface area contributed by atoms with Gasteiger partial charge in [-0.25, -0.2) is 0 Å². The third-order valence-electron chi connectivity index (χ3n) is 17.5. The second kappa shape index (κ2) is 66.3. The molecule has 1 rings (SSSR count). The van der Waals surface area contributed by atoms with E-state index in [1.165, 1.54) is 250 Å². The predicted octanol–water partition coefficient (Wildman–Crippen LogP) is 20.9. The maximum absolute atomic E-state index is 13.1. The number of hydrogen-bond donors (Lipinski definition) is 6. The Morgan fingerprint density at radius 3 is 1.06 bits per heavy atom. The fourth-order valence-corrected chi connectivity index (χ4v) is 11.7. The first-order valence-electron chi connectivity index (χ1n) is 37.3. The van der Waals surface area contributed by atoms with Gasteiger partial charge in [0.25, 0.3) is 0 Å². The summed E-state index contributed by atoms with van der Waals surface area (Å²) in [6, 6.07) is -0.807. The summed E-state index contributed by atoms with van der Waals surface area (Å²) in [5.74, 6) is -0.171. The van der Waals surface area contributed by atoms with Gasteiger partial charge in [-0.15, -0.1) is 0 Å². The van der Waals surface area contributed by atoms with Crippen molar-refractivity contribution >= 4 is 5.91 Å².